The van der Waals surface area contributed by atoms with Crippen LogP contribution in [0.5, 0.6) is 0 Å². The lowest BCUT2D eigenvalue weighted by Gasteiger charge is -2.28. The van der Waals surface area contributed by atoms with Gasteiger partial charge in [-0.2, -0.15) is 0 Å². The van der Waals surface area contributed by atoms with E-state index in [9.17, 15) is 14.4 Å². The number of thiol groups is 1. The molecule has 1 aromatic carbocycles. The quantitative estimate of drug-likeness (QED) is 0.0999. The van der Waals surface area contributed by atoms with Crippen LogP contribution in [0.1, 0.15) is 67.2 Å². The van der Waals surface area contributed by atoms with Gasteiger partial charge in [0, 0.05) is 62.2 Å². The molecule has 1 saturated carbocycles. The van der Waals surface area contributed by atoms with Gasteiger partial charge < -0.3 is 20.6 Å². The van der Waals surface area contributed by atoms with Crippen LogP contribution in [0.2, 0.25) is 0 Å². The summed E-state index contributed by atoms with van der Waals surface area (Å²) in [6, 6.07) is 10.8. The summed E-state index contributed by atoms with van der Waals surface area (Å²) in [7, 11) is 4.02. The van der Waals surface area contributed by atoms with Crippen molar-refractivity contribution in [3.63, 3.8) is 0 Å². The fraction of sp³-hybridized carbons (Fsp3) is 0.405. The molecule has 0 radical (unpaired) electrons. The summed E-state index contributed by atoms with van der Waals surface area (Å²) >= 11 is 4.40. The Bertz CT molecular complexity index is 1420. The maximum absolute atomic E-state index is 12.5. The Morgan fingerprint density at radius 2 is 1.81 bits per heavy atom. The zero-order valence-corrected chi connectivity index (χ0v) is 29.3. The number of aldehydes is 1. The van der Waals surface area contributed by atoms with E-state index < -0.39 is 0 Å². The molecule has 10 heteroatoms. The van der Waals surface area contributed by atoms with Crippen LogP contribution in [-0.4, -0.2) is 79.0 Å². The van der Waals surface area contributed by atoms with Crippen molar-refractivity contribution in [1.82, 2.24) is 15.2 Å². The molecule has 2 unspecified atom stereocenters. The summed E-state index contributed by atoms with van der Waals surface area (Å²) in [5.74, 6) is 0.583. The average molecular weight is 662 g/mol. The Morgan fingerprint density at radius 3 is 2.36 bits per heavy atom. The number of carbonyl (C=O) groups is 3. The number of anilines is 2. The second-order valence-electron chi connectivity index (χ2n) is 11.5. The Hall–Kier alpha value is -3.99. The number of nitrogens with one attached hydrogen (secondary N) is 2. The zero-order chi connectivity index (χ0) is 34.9. The molecule has 0 bridgehead atoms. The van der Waals surface area contributed by atoms with Gasteiger partial charge in [0.1, 0.15) is 12.1 Å². The first-order valence-electron chi connectivity index (χ1n) is 16.0. The number of aliphatic hydroxyl groups is 1. The van der Waals surface area contributed by atoms with Crippen molar-refractivity contribution in [1.29, 1.82) is 0 Å². The van der Waals surface area contributed by atoms with Gasteiger partial charge in [-0.3, -0.25) is 19.3 Å². The van der Waals surface area contributed by atoms with Gasteiger partial charge in [0.25, 0.3) is 11.8 Å². The van der Waals surface area contributed by atoms with Gasteiger partial charge in [-0.15, -0.1) is 25.8 Å². The number of hydrogen-bond acceptors (Lipinski definition) is 8. The molecular weight excluding hydrogens is 611 g/mol. The van der Waals surface area contributed by atoms with Crippen LogP contribution in [0.15, 0.2) is 90.0 Å². The number of pyridine rings is 1. The Morgan fingerprint density at radius 1 is 1.15 bits per heavy atom. The van der Waals surface area contributed by atoms with Crippen molar-refractivity contribution < 1.29 is 19.5 Å². The first-order chi connectivity index (χ1) is 22.5. The maximum Gasteiger partial charge on any atom is 0.259 e. The maximum atomic E-state index is 12.5. The van der Waals surface area contributed by atoms with E-state index in [2.05, 4.69) is 67.2 Å². The second-order valence-corrected chi connectivity index (χ2v) is 12.0. The molecule has 1 aliphatic carbocycles. The van der Waals surface area contributed by atoms with E-state index in [0.717, 1.165) is 45.1 Å². The number of aliphatic hydroxyl groups excluding tert-OH is 1. The first-order valence-corrected chi connectivity index (χ1v) is 16.5. The highest BCUT2D eigenvalue weighted by molar-refractivity contribution is 7.85. The number of allylic oxidation sites excluding steroid dienone is 1. The van der Waals surface area contributed by atoms with E-state index in [4.69, 9.17) is 5.11 Å². The van der Waals surface area contributed by atoms with Crippen LogP contribution in [0.3, 0.4) is 0 Å². The van der Waals surface area contributed by atoms with E-state index in [1.807, 2.05) is 30.2 Å². The SMILES string of the molecule is C=CC1C(C)=C(/C=C(\S)C(=O)NC2CC2)CCN(C)C1C=C.CCCN(C)c1ncccc1C(=O)Nc1ccc(C=O)cc1.CCO. The standard InChI is InChI=1S/C18H26N2OS.C17H19N3O2.C2H6O/c1-5-15-12(3)13(9-10-20(4)16(15)6-2)11-17(22)18(21)19-14-7-8-14;1-3-11-20(2)16-15(5-4-10-18-16)17(22)19-14-8-6-13(12-21)7-9-14;1-2-3/h5-6,11,14-16,22H,1-2,7-10H2,3-4H3,(H,19,21);4-10,12H,3,11H2,1-2H3,(H,19,22);3H,2H2,1H3/b17-11-;;. The minimum absolute atomic E-state index is 0.0702. The van der Waals surface area contributed by atoms with Crippen LogP contribution in [0, 0.1) is 5.92 Å². The lowest BCUT2D eigenvalue weighted by molar-refractivity contribution is -0.116. The van der Waals surface area contributed by atoms with Gasteiger partial charge in [0.15, 0.2) is 0 Å². The molecule has 3 N–H and O–H groups in total. The number of amides is 2. The van der Waals surface area contributed by atoms with E-state index in [0.29, 0.717) is 33.6 Å². The smallest absolute Gasteiger partial charge is 0.259 e. The lowest BCUT2D eigenvalue weighted by atomic mass is 9.89. The third-order valence-corrected chi connectivity index (χ3v) is 8.16. The molecule has 47 heavy (non-hydrogen) atoms. The summed E-state index contributed by atoms with van der Waals surface area (Å²) in [5, 5.41) is 13.4. The molecular formula is C37H51N5O4S. The highest BCUT2D eigenvalue weighted by Crippen LogP contribution is 2.31. The van der Waals surface area contributed by atoms with Crippen LogP contribution in [0.25, 0.3) is 0 Å². The summed E-state index contributed by atoms with van der Waals surface area (Å²) in [4.78, 5) is 44.2. The lowest BCUT2D eigenvalue weighted by Crippen LogP contribution is -2.35. The molecule has 254 valence electrons. The molecule has 2 heterocycles. The normalized spacial score (nSPS) is 17.9. The first kappa shape index (κ1) is 39.2. The van der Waals surface area contributed by atoms with Crippen molar-refractivity contribution in [2.45, 2.75) is 58.5 Å². The van der Waals surface area contributed by atoms with Crippen molar-refractivity contribution in [2.24, 2.45) is 5.92 Å². The molecule has 4 rings (SSSR count). The highest BCUT2D eigenvalue weighted by atomic mass is 32.1. The predicted molar refractivity (Wildman–Crippen MR) is 196 cm³/mol. The topological polar surface area (TPSA) is 115 Å². The fourth-order valence-electron chi connectivity index (χ4n) is 5.10. The molecule has 2 aromatic rings. The monoisotopic (exact) mass is 661 g/mol. The number of aromatic nitrogens is 1. The van der Waals surface area contributed by atoms with E-state index in [-0.39, 0.29) is 30.4 Å². The molecule has 2 aliphatic rings. The third kappa shape index (κ3) is 12.3. The molecule has 2 atom stereocenters. The molecule has 0 saturated heterocycles. The average Bonchev–Trinajstić information content (AvgIpc) is 3.90. The van der Waals surface area contributed by atoms with E-state index in [1.165, 1.54) is 11.1 Å². The summed E-state index contributed by atoms with van der Waals surface area (Å²) in [5.41, 5.74) is 4.16. The molecule has 1 aliphatic heterocycles. The van der Waals surface area contributed by atoms with Gasteiger partial charge in [-0.1, -0.05) is 24.6 Å². The van der Waals surface area contributed by atoms with Gasteiger partial charge >= 0.3 is 0 Å². The van der Waals surface area contributed by atoms with Crippen molar-refractivity contribution in [3.8, 4) is 0 Å². The van der Waals surface area contributed by atoms with Crippen molar-refractivity contribution in [2.75, 3.05) is 44.0 Å². The minimum atomic E-state index is -0.218. The zero-order valence-electron chi connectivity index (χ0n) is 28.4. The van der Waals surface area contributed by atoms with Crippen LogP contribution >= 0.6 is 12.6 Å². The van der Waals surface area contributed by atoms with Crippen molar-refractivity contribution >= 4 is 42.2 Å². The van der Waals surface area contributed by atoms with E-state index >= 15 is 0 Å². The van der Waals surface area contributed by atoms with Crippen LogP contribution < -0.4 is 15.5 Å². The minimum Gasteiger partial charge on any atom is -0.397 e. The number of rotatable bonds is 11. The number of carbonyl (C=O) groups excluding carboxylic acids is 3. The Kier molecular flexibility index (Phi) is 16.9. The van der Waals surface area contributed by atoms with Crippen LogP contribution in [-0.2, 0) is 4.79 Å². The summed E-state index contributed by atoms with van der Waals surface area (Å²) in [6.45, 7) is 15.8. The molecule has 1 aromatic heterocycles. The summed E-state index contributed by atoms with van der Waals surface area (Å²) < 4.78 is 0. The van der Waals surface area contributed by atoms with Gasteiger partial charge in [0.2, 0.25) is 0 Å². The molecule has 0 spiro atoms. The van der Waals surface area contributed by atoms with Crippen molar-refractivity contribution in [3.05, 3.63) is 101 Å². The largest absolute Gasteiger partial charge is 0.397 e. The van der Waals surface area contributed by atoms with E-state index in [1.54, 1.807) is 49.5 Å². The predicted octanol–water partition coefficient (Wildman–Crippen LogP) is 6.08. The fourth-order valence-corrected chi connectivity index (χ4v) is 5.32. The number of hydrogen-bond donors (Lipinski definition) is 4. The highest BCUT2D eigenvalue weighted by Gasteiger charge is 2.27. The number of nitrogens with zero attached hydrogens (tertiary/aromatic N) is 3. The number of likely N-dealkylation sites (N-methyl/N-ethyl adjacent to an activating group) is 1. The second kappa shape index (κ2) is 20.3. The molecule has 9 nitrogen and oxygen atoms in total. The Labute approximate surface area is 285 Å². The van der Waals surface area contributed by atoms with Gasteiger partial charge in [-0.05, 0) is 94.6 Å². The Balaban J connectivity index is 0.000000302. The molecule has 1 fully saturated rings. The van der Waals surface area contributed by atoms with Crippen LogP contribution in [0.4, 0.5) is 11.5 Å². The molecule has 2 amide bonds. The van der Waals surface area contributed by atoms with Gasteiger partial charge in [-0.25, -0.2) is 4.98 Å². The third-order valence-electron chi connectivity index (χ3n) is 7.83. The summed E-state index contributed by atoms with van der Waals surface area (Å²) in [6.07, 6.45) is 12.4. The van der Waals surface area contributed by atoms with Gasteiger partial charge in [0.05, 0.1) is 10.5 Å². The number of benzene rings is 1.